The Morgan fingerprint density at radius 2 is 0.778 bits per heavy atom. The Morgan fingerprint density at radius 1 is 0.778 bits per heavy atom. The van der Waals surface area contributed by atoms with Gasteiger partial charge in [-0.2, -0.15) is 0 Å². The summed E-state index contributed by atoms with van der Waals surface area (Å²) in [7, 11) is 0.639. The Bertz CT molecular complexity index is 20.5. The van der Waals surface area contributed by atoms with Gasteiger partial charge in [0, 0.05) is 8.41 Å². The van der Waals surface area contributed by atoms with Crippen LogP contribution in [0.3, 0.4) is 0 Å². The van der Waals surface area contributed by atoms with Gasteiger partial charge in [-0.05, 0) is 10.9 Å². The minimum absolute atomic E-state index is 0. The van der Waals surface area contributed by atoms with Crippen molar-refractivity contribution in [2.45, 2.75) is 0 Å². The van der Waals surface area contributed by atoms with Crippen molar-refractivity contribution in [3.05, 3.63) is 0 Å². The van der Waals surface area contributed by atoms with Crippen LogP contribution in [-0.4, -0.2) is 27.2 Å². The molecule has 6 heteroatoms. The molecule has 0 spiro atoms. The first kappa shape index (κ1) is 61.5. The van der Waals surface area contributed by atoms with Crippen LogP contribution in [-0.2, 0) is 10.9 Å². The van der Waals surface area contributed by atoms with Gasteiger partial charge in [0.25, 0.3) is 0 Å². The molecule has 0 saturated carbocycles. The summed E-state index contributed by atoms with van der Waals surface area (Å²) in [4.78, 5) is 0. The summed E-state index contributed by atoms with van der Waals surface area (Å²) in [5, 5.41) is 0. The van der Waals surface area contributed by atoms with Gasteiger partial charge in [-0.25, -0.2) is 0 Å². The summed E-state index contributed by atoms with van der Waals surface area (Å²) >= 11 is 0. The maximum atomic E-state index is 2.19. The minimum Gasteiger partial charge on any atom is -1.00 e. The molecular formula is C3H12BF4S. The molecule has 0 atom stereocenters. The lowest BCUT2D eigenvalue weighted by atomic mass is 10.8. The SMILES string of the molecule is C[S+](C)C.F.F.F.[B].[F-]. The highest BCUT2D eigenvalue weighted by Gasteiger charge is 1.77. The lowest BCUT2D eigenvalue weighted by Gasteiger charge is -1.69. The van der Waals surface area contributed by atoms with E-state index in [0.29, 0.717) is 10.9 Å². The third kappa shape index (κ3) is 16800. The molecule has 0 amide bonds. The molecule has 0 saturated heterocycles. The fraction of sp³-hybridized carbons (Fsp3) is 1.00. The fourth-order valence-electron chi connectivity index (χ4n) is 0. The van der Waals surface area contributed by atoms with E-state index in [1.54, 1.807) is 0 Å². The first-order valence-corrected chi connectivity index (χ1v) is 3.67. The number of hydrogen-bond donors (Lipinski definition) is 0. The molecule has 0 aliphatic rings. The van der Waals surface area contributed by atoms with Gasteiger partial charge < -0.3 is 4.70 Å². The van der Waals surface area contributed by atoms with Crippen molar-refractivity contribution in [3.63, 3.8) is 0 Å². The summed E-state index contributed by atoms with van der Waals surface area (Å²) in [6.07, 6.45) is 6.58. The van der Waals surface area contributed by atoms with Crippen molar-refractivity contribution >= 4 is 19.3 Å². The predicted octanol–water partition coefficient (Wildman–Crippen LogP) is -2.43. The Morgan fingerprint density at radius 3 is 0.778 bits per heavy atom. The first-order valence-electron chi connectivity index (χ1n) is 1.22. The number of rotatable bonds is 0. The average Bonchev–Trinajstić information content (AvgIpc) is 0.811. The number of halogens is 4. The second-order valence-corrected chi connectivity index (χ2v) is 3.67. The molecule has 3 radical (unpaired) electrons. The second kappa shape index (κ2) is 42.1. The zero-order valence-corrected chi connectivity index (χ0v) is 6.40. The van der Waals surface area contributed by atoms with E-state index < -0.39 is 0 Å². The van der Waals surface area contributed by atoms with Crippen molar-refractivity contribution in [2.75, 3.05) is 18.8 Å². The maximum Gasteiger partial charge on any atom is 0.0969 e. The van der Waals surface area contributed by atoms with Gasteiger partial charge in [-0.15, -0.1) is 0 Å². The maximum absolute atomic E-state index is 2.19. The van der Waals surface area contributed by atoms with E-state index in [-0.39, 0.29) is 27.2 Å². The monoisotopic (exact) mass is 167 g/mol. The lowest BCUT2D eigenvalue weighted by molar-refractivity contribution is -0.00000396. The summed E-state index contributed by atoms with van der Waals surface area (Å²) < 4.78 is 0. The van der Waals surface area contributed by atoms with Gasteiger partial charge in [0.2, 0.25) is 0 Å². The topological polar surface area (TPSA) is 0 Å². The van der Waals surface area contributed by atoms with E-state index in [0.717, 1.165) is 0 Å². The molecule has 9 heavy (non-hydrogen) atoms. The Labute approximate surface area is 57.8 Å². The van der Waals surface area contributed by atoms with E-state index in [1.165, 1.54) is 0 Å². The zero-order valence-electron chi connectivity index (χ0n) is 5.59. The molecule has 0 aliphatic carbocycles. The zero-order chi connectivity index (χ0) is 3.58. The third-order valence-electron chi connectivity index (χ3n) is 0. The highest BCUT2D eigenvalue weighted by atomic mass is 32.2. The van der Waals surface area contributed by atoms with Crippen LogP contribution in [0.1, 0.15) is 0 Å². The van der Waals surface area contributed by atoms with Gasteiger partial charge in [0.15, 0.2) is 0 Å². The molecule has 0 nitrogen and oxygen atoms in total. The molecule has 0 unspecified atom stereocenters. The molecule has 0 aromatic rings. The van der Waals surface area contributed by atoms with Crippen LogP contribution < -0.4 is 4.70 Å². The largest absolute Gasteiger partial charge is 1.00 e. The Hall–Kier alpha value is 0.135. The van der Waals surface area contributed by atoms with Gasteiger partial charge in [-0.1, -0.05) is 0 Å². The Kier molecular flexibility index (Phi) is 288. The van der Waals surface area contributed by atoms with Crippen LogP contribution in [0.25, 0.3) is 0 Å². The average molecular weight is 167 g/mol. The van der Waals surface area contributed by atoms with Crippen molar-refractivity contribution in [3.8, 4) is 0 Å². The molecule has 0 N–H and O–H groups in total. The second-order valence-electron chi connectivity index (χ2n) is 1.22. The van der Waals surface area contributed by atoms with Crippen LogP contribution in [0, 0.1) is 0 Å². The van der Waals surface area contributed by atoms with Crippen LogP contribution in [0.15, 0.2) is 0 Å². The summed E-state index contributed by atoms with van der Waals surface area (Å²) in [5.74, 6) is 0. The van der Waals surface area contributed by atoms with Gasteiger partial charge in [0.05, 0.1) is 18.8 Å². The summed E-state index contributed by atoms with van der Waals surface area (Å²) in [5.41, 5.74) is 0. The van der Waals surface area contributed by atoms with E-state index >= 15 is 0 Å². The first-order chi connectivity index (χ1) is 1.73. The summed E-state index contributed by atoms with van der Waals surface area (Å²) in [6, 6.07) is 0. The molecule has 0 rings (SSSR count). The molecule has 0 aromatic carbocycles. The lowest BCUT2D eigenvalue weighted by Crippen LogP contribution is -3.00. The van der Waals surface area contributed by atoms with Crippen LogP contribution in [0.5, 0.6) is 0 Å². The molecule has 61 valence electrons. The van der Waals surface area contributed by atoms with E-state index in [2.05, 4.69) is 18.8 Å². The fourth-order valence-corrected chi connectivity index (χ4v) is 0. The van der Waals surface area contributed by atoms with Crippen LogP contribution >= 0.6 is 0 Å². The van der Waals surface area contributed by atoms with E-state index in [4.69, 9.17) is 0 Å². The standard InChI is InChI=1S/C3H9S.B.4FH/c1-4(2)3;;;;;/h1-3H3;;4*1H/q+1;;;;;/p-1. The molecule has 0 aliphatic heterocycles. The molecule has 0 heterocycles. The Balaban J connectivity index is -0.00000000450. The molecule has 0 aromatic heterocycles. The minimum atomic E-state index is 0. The number of hydrogen-bond acceptors (Lipinski definition) is 0. The molecule has 0 fully saturated rings. The van der Waals surface area contributed by atoms with Gasteiger partial charge in [0.1, 0.15) is 0 Å². The van der Waals surface area contributed by atoms with E-state index in [9.17, 15) is 0 Å². The smallest absolute Gasteiger partial charge is 0.0969 e. The van der Waals surface area contributed by atoms with Crippen molar-refractivity contribution in [1.82, 2.24) is 0 Å². The highest BCUT2D eigenvalue weighted by Crippen LogP contribution is 1.63. The predicted molar refractivity (Wildman–Crippen MR) is 38.4 cm³/mol. The quantitative estimate of drug-likeness (QED) is 0.214. The molecular weight excluding hydrogens is 155 g/mol. The van der Waals surface area contributed by atoms with Gasteiger partial charge >= 0.3 is 0 Å². The van der Waals surface area contributed by atoms with Gasteiger partial charge in [-0.3, -0.25) is 14.1 Å². The highest BCUT2D eigenvalue weighted by molar-refractivity contribution is 7.94. The van der Waals surface area contributed by atoms with E-state index in [1.807, 2.05) is 0 Å². The van der Waals surface area contributed by atoms with Crippen molar-refractivity contribution in [2.24, 2.45) is 0 Å². The molecule has 0 bridgehead atoms. The third-order valence-corrected chi connectivity index (χ3v) is 0. The van der Waals surface area contributed by atoms with Crippen molar-refractivity contribution in [1.29, 1.82) is 0 Å². The van der Waals surface area contributed by atoms with Crippen molar-refractivity contribution < 1.29 is 18.8 Å². The van der Waals surface area contributed by atoms with Crippen LogP contribution in [0.2, 0.25) is 0 Å². The normalized spacial score (nSPS) is 4.00. The van der Waals surface area contributed by atoms with Crippen LogP contribution in [0.4, 0.5) is 14.1 Å². The summed E-state index contributed by atoms with van der Waals surface area (Å²) in [6.45, 7) is 0.